The SMILES string of the molecule is C=Cc1ccc(C[N+](CCCCCC)(CCCCCC)CCCCCC)cc1.[Cl-]. The molecule has 1 aromatic rings. The van der Waals surface area contributed by atoms with E-state index in [0.29, 0.717) is 0 Å². The lowest BCUT2D eigenvalue weighted by Crippen LogP contribution is -3.00. The van der Waals surface area contributed by atoms with Gasteiger partial charge in [0.25, 0.3) is 0 Å². The van der Waals surface area contributed by atoms with Gasteiger partial charge < -0.3 is 16.9 Å². The molecule has 0 bridgehead atoms. The van der Waals surface area contributed by atoms with Gasteiger partial charge in [0.15, 0.2) is 0 Å². The molecule has 0 aliphatic rings. The summed E-state index contributed by atoms with van der Waals surface area (Å²) < 4.78 is 1.31. The summed E-state index contributed by atoms with van der Waals surface area (Å²) >= 11 is 0. The van der Waals surface area contributed by atoms with Gasteiger partial charge in [-0.3, -0.25) is 0 Å². The minimum Gasteiger partial charge on any atom is -1.00 e. The Balaban J connectivity index is 0.00000784. The first kappa shape index (κ1) is 28.2. The van der Waals surface area contributed by atoms with Gasteiger partial charge in [0.2, 0.25) is 0 Å². The highest BCUT2D eigenvalue weighted by atomic mass is 35.5. The highest BCUT2D eigenvalue weighted by Crippen LogP contribution is 2.22. The number of halogens is 1. The van der Waals surface area contributed by atoms with Crippen LogP contribution in [0.4, 0.5) is 0 Å². The molecule has 0 saturated carbocycles. The van der Waals surface area contributed by atoms with Crippen molar-refractivity contribution in [1.29, 1.82) is 0 Å². The summed E-state index contributed by atoms with van der Waals surface area (Å²) in [6.07, 6.45) is 18.5. The fourth-order valence-corrected chi connectivity index (χ4v) is 4.34. The van der Waals surface area contributed by atoms with Gasteiger partial charge in [-0.1, -0.05) is 96.2 Å². The van der Waals surface area contributed by atoms with Crippen LogP contribution in [0.2, 0.25) is 0 Å². The maximum atomic E-state index is 3.91. The van der Waals surface area contributed by atoms with Crippen molar-refractivity contribution in [2.45, 2.75) is 104 Å². The minimum atomic E-state index is 0. The number of unbranched alkanes of at least 4 members (excludes halogenated alkanes) is 9. The van der Waals surface area contributed by atoms with E-state index in [0.717, 1.165) is 0 Å². The number of nitrogens with zero attached hydrogens (tertiary/aromatic N) is 1. The van der Waals surface area contributed by atoms with Gasteiger partial charge in [0, 0.05) is 5.56 Å². The Labute approximate surface area is 189 Å². The van der Waals surface area contributed by atoms with Gasteiger partial charge in [-0.15, -0.1) is 0 Å². The lowest BCUT2D eigenvalue weighted by atomic mass is 10.1. The first-order valence-electron chi connectivity index (χ1n) is 12.3. The molecule has 0 aliphatic carbocycles. The second-order valence-corrected chi connectivity index (χ2v) is 8.80. The van der Waals surface area contributed by atoms with Crippen molar-refractivity contribution in [1.82, 2.24) is 0 Å². The molecule has 1 nitrogen and oxygen atoms in total. The summed E-state index contributed by atoms with van der Waals surface area (Å²) in [6.45, 7) is 16.2. The zero-order valence-electron chi connectivity index (χ0n) is 19.7. The largest absolute Gasteiger partial charge is 1.00 e. The zero-order valence-corrected chi connectivity index (χ0v) is 20.5. The maximum absolute atomic E-state index is 3.91. The Kier molecular flexibility index (Phi) is 17.5. The van der Waals surface area contributed by atoms with E-state index in [9.17, 15) is 0 Å². The van der Waals surface area contributed by atoms with E-state index >= 15 is 0 Å². The normalized spacial score (nSPS) is 11.3. The van der Waals surface area contributed by atoms with Crippen molar-refractivity contribution in [3.8, 4) is 0 Å². The molecule has 0 amide bonds. The van der Waals surface area contributed by atoms with Crippen molar-refractivity contribution < 1.29 is 16.9 Å². The van der Waals surface area contributed by atoms with Crippen LogP contribution in [0.25, 0.3) is 6.08 Å². The van der Waals surface area contributed by atoms with E-state index in [1.165, 1.54) is 119 Å². The topological polar surface area (TPSA) is 0 Å². The number of hydrogen-bond donors (Lipinski definition) is 0. The first-order chi connectivity index (χ1) is 13.7. The molecule has 0 aliphatic heterocycles. The predicted octanol–water partition coefficient (Wildman–Crippen LogP) is 5.39. The summed E-state index contributed by atoms with van der Waals surface area (Å²) in [4.78, 5) is 0. The molecular formula is C27H48ClN. The van der Waals surface area contributed by atoms with E-state index in [4.69, 9.17) is 0 Å². The Morgan fingerprint density at radius 3 is 1.41 bits per heavy atom. The standard InChI is InChI=1S/C27H48N.ClH/c1-5-9-12-15-22-28(23-16-13-10-6-2,24-17-14-11-7-3)25-27-20-18-26(8-4)19-21-27;/h8,18-21H,4-7,9-17,22-25H2,1-3H3;1H/q+1;/p-1. The number of benzene rings is 1. The van der Waals surface area contributed by atoms with E-state index < -0.39 is 0 Å². The summed E-state index contributed by atoms with van der Waals surface area (Å²) in [5.41, 5.74) is 2.74. The van der Waals surface area contributed by atoms with Crippen LogP contribution in [-0.4, -0.2) is 24.1 Å². The van der Waals surface area contributed by atoms with E-state index in [-0.39, 0.29) is 12.4 Å². The molecule has 0 aromatic heterocycles. The molecule has 0 spiro atoms. The van der Waals surface area contributed by atoms with Gasteiger partial charge in [-0.2, -0.15) is 0 Å². The zero-order chi connectivity index (χ0) is 20.5. The smallest absolute Gasteiger partial charge is 0.104 e. The van der Waals surface area contributed by atoms with Gasteiger partial charge in [0.05, 0.1) is 19.6 Å². The Morgan fingerprint density at radius 1 is 0.655 bits per heavy atom. The van der Waals surface area contributed by atoms with E-state index in [1.54, 1.807) is 0 Å². The molecule has 168 valence electrons. The Hall–Kier alpha value is -0.790. The van der Waals surface area contributed by atoms with Crippen LogP contribution in [0.15, 0.2) is 30.8 Å². The molecule has 29 heavy (non-hydrogen) atoms. The number of rotatable bonds is 18. The summed E-state index contributed by atoms with van der Waals surface area (Å²) in [7, 11) is 0. The quantitative estimate of drug-likeness (QED) is 0.220. The molecule has 0 N–H and O–H groups in total. The van der Waals surface area contributed by atoms with E-state index in [2.05, 4.69) is 51.6 Å². The molecular weight excluding hydrogens is 374 g/mol. The van der Waals surface area contributed by atoms with Crippen molar-refractivity contribution in [3.63, 3.8) is 0 Å². The second kappa shape index (κ2) is 18.0. The third kappa shape index (κ3) is 12.5. The fraction of sp³-hybridized carbons (Fsp3) is 0.704. The van der Waals surface area contributed by atoms with Gasteiger partial charge in [-0.25, -0.2) is 0 Å². The molecule has 0 fully saturated rings. The van der Waals surface area contributed by atoms with Crippen molar-refractivity contribution in [2.24, 2.45) is 0 Å². The average Bonchev–Trinajstić information content (AvgIpc) is 2.72. The van der Waals surface area contributed by atoms with Crippen LogP contribution in [-0.2, 0) is 6.54 Å². The lowest BCUT2D eigenvalue weighted by molar-refractivity contribution is -0.941. The van der Waals surface area contributed by atoms with Crippen molar-refractivity contribution in [3.05, 3.63) is 42.0 Å². The maximum Gasteiger partial charge on any atom is 0.104 e. The van der Waals surface area contributed by atoms with Gasteiger partial charge >= 0.3 is 0 Å². The van der Waals surface area contributed by atoms with Crippen LogP contribution in [0.5, 0.6) is 0 Å². The first-order valence-corrected chi connectivity index (χ1v) is 12.3. The molecule has 0 saturated heterocycles. The molecule has 0 radical (unpaired) electrons. The highest BCUT2D eigenvalue weighted by molar-refractivity contribution is 5.47. The van der Waals surface area contributed by atoms with Crippen LogP contribution in [0.3, 0.4) is 0 Å². The van der Waals surface area contributed by atoms with Crippen LogP contribution >= 0.6 is 0 Å². The average molecular weight is 422 g/mol. The van der Waals surface area contributed by atoms with Gasteiger partial charge in [-0.05, 0) is 44.1 Å². The minimum absolute atomic E-state index is 0. The second-order valence-electron chi connectivity index (χ2n) is 8.80. The van der Waals surface area contributed by atoms with Crippen molar-refractivity contribution >= 4 is 6.08 Å². The van der Waals surface area contributed by atoms with Crippen LogP contribution < -0.4 is 12.4 Å². The van der Waals surface area contributed by atoms with E-state index in [1.807, 2.05) is 6.08 Å². The molecule has 0 atom stereocenters. The Morgan fingerprint density at radius 2 is 1.07 bits per heavy atom. The van der Waals surface area contributed by atoms with Gasteiger partial charge in [0.1, 0.15) is 6.54 Å². The molecule has 0 heterocycles. The molecule has 1 rings (SSSR count). The number of hydrogen-bond acceptors (Lipinski definition) is 0. The fourth-order valence-electron chi connectivity index (χ4n) is 4.34. The summed E-state index contributed by atoms with van der Waals surface area (Å²) in [5.74, 6) is 0. The third-order valence-electron chi connectivity index (χ3n) is 6.19. The third-order valence-corrected chi connectivity index (χ3v) is 6.19. The van der Waals surface area contributed by atoms with Crippen LogP contribution in [0.1, 0.15) is 109 Å². The monoisotopic (exact) mass is 421 g/mol. The number of quaternary nitrogens is 1. The molecule has 1 aromatic carbocycles. The summed E-state index contributed by atoms with van der Waals surface area (Å²) in [5, 5.41) is 0. The molecule has 2 heteroatoms. The lowest BCUT2D eigenvalue weighted by Gasteiger charge is -2.39. The summed E-state index contributed by atoms with van der Waals surface area (Å²) in [6, 6.07) is 9.16. The van der Waals surface area contributed by atoms with Crippen LogP contribution in [0, 0.1) is 0 Å². The molecule has 0 unspecified atom stereocenters. The Bertz CT molecular complexity index is 462. The highest BCUT2D eigenvalue weighted by Gasteiger charge is 2.26. The predicted molar refractivity (Wildman–Crippen MR) is 128 cm³/mol. The van der Waals surface area contributed by atoms with Crippen molar-refractivity contribution in [2.75, 3.05) is 19.6 Å².